The lowest BCUT2D eigenvalue weighted by Gasteiger charge is -2.19. The van der Waals surface area contributed by atoms with Crippen LogP contribution >= 0.6 is 12.2 Å². The third-order valence-electron chi connectivity index (χ3n) is 3.74. The van der Waals surface area contributed by atoms with Crippen molar-refractivity contribution in [3.63, 3.8) is 0 Å². The number of benzene rings is 1. The van der Waals surface area contributed by atoms with E-state index >= 15 is 0 Å². The summed E-state index contributed by atoms with van der Waals surface area (Å²) in [5.41, 5.74) is 6.58. The van der Waals surface area contributed by atoms with Crippen molar-refractivity contribution in [1.82, 2.24) is 5.32 Å². The lowest BCUT2D eigenvalue weighted by atomic mass is 9.98. The molecule has 1 aromatic rings. The normalized spacial score (nSPS) is 23.2. The van der Waals surface area contributed by atoms with Crippen molar-refractivity contribution < 1.29 is 9.53 Å². The summed E-state index contributed by atoms with van der Waals surface area (Å²) in [6.45, 7) is 0. The van der Waals surface area contributed by atoms with Gasteiger partial charge in [-0.05, 0) is 24.8 Å². The van der Waals surface area contributed by atoms with Crippen LogP contribution in [0.5, 0.6) is 0 Å². The molecule has 1 aliphatic rings. The number of hydrogen-bond acceptors (Lipinski definition) is 3. The molecule has 0 heterocycles. The second kappa shape index (κ2) is 6.81. The van der Waals surface area contributed by atoms with Crippen LogP contribution in [0.15, 0.2) is 30.3 Å². The summed E-state index contributed by atoms with van der Waals surface area (Å²) in [5.74, 6) is -0.682. The molecule has 4 nitrogen and oxygen atoms in total. The van der Waals surface area contributed by atoms with Crippen LogP contribution in [0, 0.1) is 0 Å². The molecule has 20 heavy (non-hydrogen) atoms. The van der Waals surface area contributed by atoms with E-state index in [0.29, 0.717) is 0 Å². The van der Waals surface area contributed by atoms with Crippen LogP contribution in [0.25, 0.3) is 0 Å². The standard InChI is InChI=1S/C15H20N2O2S/c1-19-12-8-7-11(9-12)17-15(18)13(14(16)20)10-5-3-2-4-6-10/h2-6,11-13H,7-9H2,1H3,(H2,16,20)(H,17,18). The van der Waals surface area contributed by atoms with E-state index in [1.807, 2.05) is 30.3 Å². The number of carbonyl (C=O) groups is 1. The first-order chi connectivity index (χ1) is 9.61. The molecule has 0 aliphatic heterocycles. The molecule has 1 saturated carbocycles. The number of carbonyl (C=O) groups excluding carboxylic acids is 1. The first kappa shape index (κ1) is 14.9. The summed E-state index contributed by atoms with van der Waals surface area (Å²) in [6, 6.07) is 9.55. The molecule has 1 amide bonds. The van der Waals surface area contributed by atoms with Gasteiger partial charge in [0.05, 0.1) is 11.1 Å². The quantitative estimate of drug-likeness (QED) is 0.811. The fourth-order valence-electron chi connectivity index (χ4n) is 2.66. The Bertz CT molecular complexity index is 478. The first-order valence-corrected chi connectivity index (χ1v) is 7.20. The maximum atomic E-state index is 12.4. The number of methoxy groups -OCH3 is 1. The number of ether oxygens (including phenoxy) is 1. The Labute approximate surface area is 124 Å². The smallest absolute Gasteiger partial charge is 0.234 e. The second-order valence-corrected chi connectivity index (χ2v) is 5.59. The molecule has 3 unspecified atom stereocenters. The Hall–Kier alpha value is -1.46. The molecule has 0 spiro atoms. The van der Waals surface area contributed by atoms with E-state index < -0.39 is 5.92 Å². The molecule has 5 heteroatoms. The van der Waals surface area contributed by atoms with Crippen molar-refractivity contribution in [2.45, 2.75) is 37.3 Å². The van der Waals surface area contributed by atoms with Crippen molar-refractivity contribution in [3.8, 4) is 0 Å². The molecule has 1 aliphatic carbocycles. The highest BCUT2D eigenvalue weighted by atomic mass is 32.1. The average molecular weight is 292 g/mol. The molecule has 3 atom stereocenters. The Morgan fingerprint density at radius 3 is 2.65 bits per heavy atom. The maximum absolute atomic E-state index is 12.4. The van der Waals surface area contributed by atoms with Gasteiger partial charge in [0.25, 0.3) is 0 Å². The van der Waals surface area contributed by atoms with Crippen LogP contribution in [-0.2, 0) is 9.53 Å². The van der Waals surface area contributed by atoms with Crippen molar-refractivity contribution in [2.75, 3.05) is 7.11 Å². The topological polar surface area (TPSA) is 64.3 Å². The van der Waals surface area contributed by atoms with Crippen LogP contribution in [0.2, 0.25) is 0 Å². The summed E-state index contributed by atoms with van der Waals surface area (Å²) in [6.07, 6.45) is 3.00. The van der Waals surface area contributed by atoms with Crippen molar-refractivity contribution in [2.24, 2.45) is 5.73 Å². The highest BCUT2D eigenvalue weighted by molar-refractivity contribution is 7.80. The monoisotopic (exact) mass is 292 g/mol. The number of amides is 1. The summed E-state index contributed by atoms with van der Waals surface area (Å²) in [4.78, 5) is 12.6. The lowest BCUT2D eigenvalue weighted by molar-refractivity contribution is -0.121. The van der Waals surface area contributed by atoms with E-state index in [1.165, 1.54) is 0 Å². The van der Waals surface area contributed by atoms with Gasteiger partial charge in [-0.2, -0.15) is 0 Å². The van der Waals surface area contributed by atoms with Crippen LogP contribution in [0.4, 0.5) is 0 Å². The zero-order valence-electron chi connectivity index (χ0n) is 11.5. The summed E-state index contributed by atoms with van der Waals surface area (Å²) >= 11 is 5.05. The zero-order valence-corrected chi connectivity index (χ0v) is 12.4. The molecular weight excluding hydrogens is 272 g/mol. The average Bonchev–Trinajstić information content (AvgIpc) is 2.87. The lowest BCUT2D eigenvalue weighted by Crippen LogP contribution is -2.41. The minimum atomic E-state index is -0.562. The van der Waals surface area contributed by atoms with E-state index in [-0.39, 0.29) is 23.0 Å². The molecule has 1 aromatic carbocycles. The highest BCUT2D eigenvalue weighted by Crippen LogP contribution is 2.23. The third-order valence-corrected chi connectivity index (χ3v) is 3.98. The molecule has 0 bridgehead atoms. The molecule has 1 fully saturated rings. The van der Waals surface area contributed by atoms with Crippen molar-refractivity contribution in [1.29, 1.82) is 0 Å². The van der Waals surface area contributed by atoms with Crippen LogP contribution in [0.1, 0.15) is 30.7 Å². The SMILES string of the molecule is COC1CCC(NC(=O)C(C(N)=S)c2ccccc2)C1. The third kappa shape index (κ3) is 3.55. The summed E-state index contributed by atoms with van der Waals surface area (Å²) in [5, 5.41) is 3.04. The Morgan fingerprint density at radius 2 is 2.10 bits per heavy atom. The zero-order chi connectivity index (χ0) is 14.5. The van der Waals surface area contributed by atoms with Gasteiger partial charge in [-0.25, -0.2) is 0 Å². The van der Waals surface area contributed by atoms with Gasteiger partial charge in [0, 0.05) is 13.2 Å². The van der Waals surface area contributed by atoms with E-state index in [1.54, 1.807) is 7.11 Å². The van der Waals surface area contributed by atoms with Gasteiger partial charge in [-0.1, -0.05) is 42.5 Å². The van der Waals surface area contributed by atoms with Gasteiger partial charge >= 0.3 is 0 Å². The molecule has 2 rings (SSSR count). The second-order valence-electron chi connectivity index (χ2n) is 5.12. The van der Waals surface area contributed by atoms with Crippen LogP contribution in [-0.4, -0.2) is 30.2 Å². The van der Waals surface area contributed by atoms with Gasteiger partial charge in [-0.3, -0.25) is 4.79 Å². The minimum Gasteiger partial charge on any atom is -0.392 e. The van der Waals surface area contributed by atoms with Crippen molar-refractivity contribution in [3.05, 3.63) is 35.9 Å². The molecule has 0 aromatic heterocycles. The van der Waals surface area contributed by atoms with E-state index in [9.17, 15) is 4.79 Å². The molecule has 3 N–H and O–H groups in total. The fourth-order valence-corrected chi connectivity index (χ4v) is 2.90. The van der Waals surface area contributed by atoms with E-state index in [4.69, 9.17) is 22.7 Å². The maximum Gasteiger partial charge on any atom is 0.234 e. The van der Waals surface area contributed by atoms with Gasteiger partial charge in [-0.15, -0.1) is 0 Å². The highest BCUT2D eigenvalue weighted by Gasteiger charge is 2.29. The molecule has 0 radical (unpaired) electrons. The van der Waals surface area contributed by atoms with E-state index in [2.05, 4.69) is 5.32 Å². The largest absolute Gasteiger partial charge is 0.392 e. The van der Waals surface area contributed by atoms with Crippen LogP contribution in [0.3, 0.4) is 0 Å². The van der Waals surface area contributed by atoms with Gasteiger partial charge in [0.15, 0.2) is 0 Å². The van der Waals surface area contributed by atoms with Gasteiger partial charge < -0.3 is 15.8 Å². The minimum absolute atomic E-state index is 0.120. The predicted octanol–water partition coefficient (Wildman–Crippen LogP) is 1.74. The van der Waals surface area contributed by atoms with Gasteiger partial charge in [0.2, 0.25) is 5.91 Å². The van der Waals surface area contributed by atoms with Gasteiger partial charge in [0.1, 0.15) is 5.92 Å². The van der Waals surface area contributed by atoms with E-state index in [0.717, 1.165) is 24.8 Å². The molecule has 108 valence electrons. The summed E-state index contributed by atoms with van der Waals surface area (Å²) in [7, 11) is 1.71. The number of rotatable bonds is 5. The Morgan fingerprint density at radius 1 is 1.40 bits per heavy atom. The van der Waals surface area contributed by atoms with Crippen LogP contribution < -0.4 is 11.1 Å². The predicted molar refractivity (Wildman–Crippen MR) is 82.5 cm³/mol. The van der Waals surface area contributed by atoms with Crippen molar-refractivity contribution >= 4 is 23.1 Å². The molecular formula is C15H20N2O2S. The first-order valence-electron chi connectivity index (χ1n) is 6.79. The number of nitrogens with one attached hydrogen (secondary N) is 1. The fraction of sp³-hybridized carbons (Fsp3) is 0.467. The molecule has 0 saturated heterocycles. The Kier molecular flexibility index (Phi) is 5.09. The Balaban J connectivity index is 2.04. The summed E-state index contributed by atoms with van der Waals surface area (Å²) < 4.78 is 5.31. The number of nitrogens with two attached hydrogens (primary N) is 1. The number of hydrogen-bond donors (Lipinski definition) is 2. The number of thiocarbonyl (C=S) groups is 1.